The number of carbonyl (C=O) groups excluding carboxylic acids is 1. The molecule has 0 fully saturated rings. The zero-order chi connectivity index (χ0) is 18.1. The van der Waals surface area contributed by atoms with Gasteiger partial charge in [0, 0.05) is 22.9 Å². The van der Waals surface area contributed by atoms with E-state index in [2.05, 4.69) is 15.1 Å². The molecule has 26 heavy (non-hydrogen) atoms. The van der Waals surface area contributed by atoms with E-state index in [4.69, 9.17) is 5.41 Å². The number of hydrazone groups is 1. The van der Waals surface area contributed by atoms with Crippen molar-refractivity contribution in [2.75, 3.05) is 6.26 Å². The van der Waals surface area contributed by atoms with Crippen LogP contribution in [0, 0.1) is 5.41 Å². The maximum absolute atomic E-state index is 12.4. The molecule has 8 heteroatoms. The van der Waals surface area contributed by atoms with E-state index in [1.165, 1.54) is 16.8 Å². The first kappa shape index (κ1) is 16.7. The van der Waals surface area contributed by atoms with Crippen molar-refractivity contribution in [2.24, 2.45) is 10.1 Å². The van der Waals surface area contributed by atoms with E-state index < -0.39 is 5.91 Å². The summed E-state index contributed by atoms with van der Waals surface area (Å²) in [5.74, 6) is -0.398. The molecule has 1 amide bonds. The lowest BCUT2D eigenvalue weighted by atomic mass is 10.1. The molecule has 0 bridgehead atoms. The second kappa shape index (κ2) is 6.89. The number of carbonyl (C=O) groups is 1. The zero-order valence-electron chi connectivity index (χ0n) is 13.7. The van der Waals surface area contributed by atoms with Gasteiger partial charge in [-0.2, -0.15) is 15.1 Å². The molecule has 0 saturated heterocycles. The van der Waals surface area contributed by atoms with Crippen molar-refractivity contribution >= 4 is 51.6 Å². The first-order valence-corrected chi connectivity index (χ1v) is 9.74. The Balaban J connectivity index is 1.66. The highest BCUT2D eigenvalue weighted by molar-refractivity contribution is 8.27. The molecule has 2 aliphatic rings. The van der Waals surface area contributed by atoms with Crippen LogP contribution in [-0.2, 0) is 4.79 Å². The normalized spacial score (nSPS) is 18.0. The van der Waals surface area contributed by atoms with Gasteiger partial charge in [-0.3, -0.25) is 15.2 Å². The van der Waals surface area contributed by atoms with Gasteiger partial charge in [-0.1, -0.05) is 12.1 Å². The number of aromatic nitrogens is 1. The maximum atomic E-state index is 12.4. The van der Waals surface area contributed by atoms with Gasteiger partial charge in [0.05, 0.1) is 5.57 Å². The van der Waals surface area contributed by atoms with Gasteiger partial charge in [0.2, 0.25) is 5.17 Å². The summed E-state index contributed by atoms with van der Waals surface area (Å²) in [6.07, 6.45) is 7.06. The summed E-state index contributed by atoms with van der Waals surface area (Å²) >= 11 is 2.91. The zero-order valence-corrected chi connectivity index (χ0v) is 15.3. The molecule has 0 saturated carbocycles. The number of pyridine rings is 1. The predicted octanol–water partition coefficient (Wildman–Crippen LogP) is 3.47. The Morgan fingerprint density at radius 3 is 2.73 bits per heavy atom. The second-order valence-corrected chi connectivity index (χ2v) is 7.28. The van der Waals surface area contributed by atoms with Gasteiger partial charge >= 0.3 is 0 Å². The lowest BCUT2D eigenvalue weighted by Crippen LogP contribution is -2.35. The summed E-state index contributed by atoms with van der Waals surface area (Å²) < 4.78 is 0. The van der Waals surface area contributed by atoms with Crippen molar-refractivity contribution in [1.82, 2.24) is 9.99 Å². The van der Waals surface area contributed by atoms with Gasteiger partial charge in [-0.25, -0.2) is 0 Å². The van der Waals surface area contributed by atoms with Crippen molar-refractivity contribution in [3.63, 3.8) is 0 Å². The molecule has 0 aliphatic carbocycles. The fraction of sp³-hybridized carbons (Fsp3) is 0.0556. The number of nitrogens with one attached hydrogen (secondary N) is 1. The van der Waals surface area contributed by atoms with Gasteiger partial charge in [-0.05, 0) is 53.9 Å². The van der Waals surface area contributed by atoms with Crippen LogP contribution in [0.2, 0.25) is 0 Å². The molecule has 1 N–H and O–H groups in total. The molecular weight excluding hydrogens is 366 g/mol. The van der Waals surface area contributed by atoms with E-state index in [0.29, 0.717) is 10.2 Å². The standard InChI is InChI=1S/C18H13N5OS2/c1-25-13-6-4-11(5-7-13)9-14-15(19)23-18(21-16(14)24)26-17(22-23)12-3-2-8-20-10-12/h2-10,19H,1H3. The molecule has 128 valence electrons. The van der Waals surface area contributed by atoms with Crippen molar-refractivity contribution < 1.29 is 4.79 Å². The monoisotopic (exact) mass is 379 g/mol. The van der Waals surface area contributed by atoms with Crippen LogP contribution < -0.4 is 0 Å². The summed E-state index contributed by atoms with van der Waals surface area (Å²) in [6.45, 7) is 0. The number of amidine groups is 2. The van der Waals surface area contributed by atoms with Gasteiger partial charge in [0.25, 0.3) is 5.91 Å². The van der Waals surface area contributed by atoms with Crippen LogP contribution >= 0.6 is 23.5 Å². The molecule has 4 rings (SSSR count). The molecule has 0 radical (unpaired) electrons. The molecule has 3 heterocycles. The third kappa shape index (κ3) is 3.09. The minimum Gasteiger partial charge on any atom is -0.282 e. The van der Waals surface area contributed by atoms with Gasteiger partial charge in [0.1, 0.15) is 5.04 Å². The molecule has 0 spiro atoms. The number of hydrogen-bond donors (Lipinski definition) is 1. The van der Waals surface area contributed by atoms with E-state index in [9.17, 15) is 4.79 Å². The summed E-state index contributed by atoms with van der Waals surface area (Å²) in [7, 11) is 0. The maximum Gasteiger partial charge on any atom is 0.283 e. The van der Waals surface area contributed by atoms with E-state index in [-0.39, 0.29) is 11.4 Å². The number of nitrogens with zero attached hydrogens (tertiary/aromatic N) is 4. The second-order valence-electron chi connectivity index (χ2n) is 5.44. The summed E-state index contributed by atoms with van der Waals surface area (Å²) in [6, 6.07) is 11.5. The third-order valence-electron chi connectivity index (χ3n) is 3.79. The van der Waals surface area contributed by atoms with Crippen LogP contribution in [0.15, 0.2) is 69.4 Å². The molecule has 6 nitrogen and oxygen atoms in total. The highest BCUT2D eigenvalue weighted by Crippen LogP contribution is 2.30. The van der Waals surface area contributed by atoms with E-state index in [0.717, 1.165) is 16.0 Å². The molecule has 2 aromatic rings. The molecule has 0 unspecified atom stereocenters. The lowest BCUT2D eigenvalue weighted by molar-refractivity contribution is -0.114. The highest BCUT2D eigenvalue weighted by atomic mass is 32.2. The van der Waals surface area contributed by atoms with E-state index in [1.807, 2.05) is 42.7 Å². The van der Waals surface area contributed by atoms with Crippen LogP contribution in [0.4, 0.5) is 0 Å². The first-order valence-electron chi connectivity index (χ1n) is 7.70. The van der Waals surface area contributed by atoms with Crippen molar-refractivity contribution in [3.05, 3.63) is 65.5 Å². The Kier molecular flexibility index (Phi) is 4.44. The number of benzene rings is 1. The Morgan fingerprint density at radius 1 is 1.23 bits per heavy atom. The van der Waals surface area contributed by atoms with Crippen LogP contribution in [0.3, 0.4) is 0 Å². The lowest BCUT2D eigenvalue weighted by Gasteiger charge is -2.20. The van der Waals surface area contributed by atoms with Crippen LogP contribution in [0.25, 0.3) is 6.08 Å². The van der Waals surface area contributed by atoms with Crippen LogP contribution in [0.5, 0.6) is 0 Å². The summed E-state index contributed by atoms with van der Waals surface area (Å²) in [4.78, 5) is 21.7. The van der Waals surface area contributed by atoms with E-state index in [1.54, 1.807) is 30.2 Å². The summed E-state index contributed by atoms with van der Waals surface area (Å²) in [5.41, 5.74) is 1.90. The van der Waals surface area contributed by atoms with Crippen molar-refractivity contribution in [2.45, 2.75) is 4.90 Å². The average Bonchev–Trinajstić information content (AvgIpc) is 3.10. The largest absolute Gasteiger partial charge is 0.283 e. The van der Waals surface area contributed by atoms with Crippen LogP contribution in [-0.4, -0.2) is 38.2 Å². The molecule has 2 aliphatic heterocycles. The van der Waals surface area contributed by atoms with Gasteiger partial charge in [0.15, 0.2) is 5.84 Å². The number of thioether (sulfide) groups is 2. The topological polar surface area (TPSA) is 81.8 Å². The first-order chi connectivity index (χ1) is 12.7. The quantitative estimate of drug-likeness (QED) is 0.652. The number of fused-ring (bicyclic) bond motifs is 1. The van der Waals surface area contributed by atoms with Crippen molar-refractivity contribution in [3.8, 4) is 0 Å². The molecule has 1 aromatic carbocycles. The average molecular weight is 379 g/mol. The van der Waals surface area contributed by atoms with Gasteiger partial charge in [-0.15, -0.1) is 11.8 Å². The minimum absolute atomic E-state index is 0.0281. The van der Waals surface area contributed by atoms with Gasteiger partial charge < -0.3 is 0 Å². The smallest absolute Gasteiger partial charge is 0.282 e. The number of hydrogen-bond acceptors (Lipinski definition) is 6. The summed E-state index contributed by atoms with van der Waals surface area (Å²) in [5, 5.41) is 15.3. The molecular formula is C18H13N5OS2. The predicted molar refractivity (Wildman–Crippen MR) is 107 cm³/mol. The fourth-order valence-electron chi connectivity index (χ4n) is 2.46. The Bertz CT molecular complexity index is 980. The highest BCUT2D eigenvalue weighted by Gasteiger charge is 2.36. The third-order valence-corrected chi connectivity index (χ3v) is 5.49. The number of amides is 1. The Hall–Kier alpha value is -2.71. The number of rotatable bonds is 3. The van der Waals surface area contributed by atoms with Crippen molar-refractivity contribution in [1.29, 1.82) is 5.41 Å². The SMILES string of the molecule is CSc1ccc(C=C2C(=N)N3N=C(c4cccnc4)SC3=NC2=O)cc1. The Labute approximate surface area is 158 Å². The fourth-order valence-corrected chi connectivity index (χ4v) is 3.75. The Morgan fingerprint density at radius 2 is 2.04 bits per heavy atom. The van der Waals surface area contributed by atoms with E-state index >= 15 is 0 Å². The van der Waals surface area contributed by atoms with Crippen LogP contribution in [0.1, 0.15) is 11.1 Å². The molecule has 0 atom stereocenters. The molecule has 1 aromatic heterocycles. The minimum atomic E-state index is -0.426. The number of aliphatic imine (C=N–C) groups is 1.